The molecule has 2 rings (SSSR count). The zero-order valence-corrected chi connectivity index (χ0v) is 18.2. The summed E-state index contributed by atoms with van der Waals surface area (Å²) in [5.41, 5.74) is 1.98. The van der Waals surface area contributed by atoms with E-state index in [0.717, 1.165) is 37.1 Å². The summed E-state index contributed by atoms with van der Waals surface area (Å²) in [6.45, 7) is 13.5. The van der Waals surface area contributed by atoms with Crippen molar-refractivity contribution in [2.24, 2.45) is 0 Å². The third kappa shape index (κ3) is 5.58. The van der Waals surface area contributed by atoms with Crippen LogP contribution in [0.15, 0.2) is 30.3 Å². The van der Waals surface area contributed by atoms with Crippen molar-refractivity contribution in [2.45, 2.75) is 78.3 Å². The highest BCUT2D eigenvalue weighted by molar-refractivity contribution is 6.30. The number of rotatable bonds is 7. The van der Waals surface area contributed by atoms with Crippen molar-refractivity contribution in [3.8, 4) is 0 Å². The van der Waals surface area contributed by atoms with Crippen LogP contribution in [-0.2, 0) is 17.5 Å². The van der Waals surface area contributed by atoms with E-state index in [0.29, 0.717) is 10.7 Å². The van der Waals surface area contributed by atoms with Crippen molar-refractivity contribution in [1.82, 2.24) is 15.1 Å². The number of aryl methyl sites for hydroxylation is 1. The number of hydrogen-bond donors (Lipinski definition) is 1. The number of hydrogen-bond acceptors (Lipinski definition) is 2. The van der Waals surface area contributed by atoms with Gasteiger partial charge < -0.3 is 5.32 Å². The summed E-state index contributed by atoms with van der Waals surface area (Å²) >= 11 is 5.98. The molecule has 0 saturated heterocycles. The van der Waals surface area contributed by atoms with Gasteiger partial charge in [0.25, 0.3) is 5.91 Å². The maximum absolute atomic E-state index is 12.9. The lowest BCUT2D eigenvalue weighted by atomic mass is 9.91. The van der Waals surface area contributed by atoms with Gasteiger partial charge in [-0.05, 0) is 44.0 Å². The second-order valence-corrected chi connectivity index (χ2v) is 9.12. The van der Waals surface area contributed by atoms with Crippen molar-refractivity contribution in [3.63, 3.8) is 0 Å². The van der Waals surface area contributed by atoms with Crippen molar-refractivity contribution >= 4 is 17.5 Å². The fraction of sp³-hybridized carbons (Fsp3) is 0.545. The van der Waals surface area contributed by atoms with Gasteiger partial charge in [-0.25, -0.2) is 0 Å². The van der Waals surface area contributed by atoms with Crippen LogP contribution < -0.4 is 5.32 Å². The molecular weight excluding hydrogens is 358 g/mol. The van der Waals surface area contributed by atoms with Gasteiger partial charge in [0, 0.05) is 22.7 Å². The number of carbonyl (C=O) groups excluding carboxylic acids is 1. The van der Waals surface area contributed by atoms with E-state index in [9.17, 15) is 4.79 Å². The molecule has 0 atom stereocenters. The summed E-state index contributed by atoms with van der Waals surface area (Å²) in [6.07, 6.45) is 3.39. The maximum atomic E-state index is 12.9. The van der Waals surface area contributed by atoms with E-state index in [1.165, 1.54) is 0 Å². The van der Waals surface area contributed by atoms with E-state index in [1.54, 1.807) is 0 Å². The third-order valence-electron chi connectivity index (χ3n) is 4.75. The summed E-state index contributed by atoms with van der Waals surface area (Å²) in [6, 6.07) is 9.48. The van der Waals surface area contributed by atoms with Crippen molar-refractivity contribution in [3.05, 3.63) is 52.3 Å². The average molecular weight is 390 g/mol. The van der Waals surface area contributed by atoms with Gasteiger partial charge in [0.05, 0.1) is 5.54 Å². The van der Waals surface area contributed by atoms with Crippen LogP contribution in [0.1, 0.15) is 82.6 Å². The van der Waals surface area contributed by atoms with Gasteiger partial charge in [0.15, 0.2) is 0 Å². The minimum absolute atomic E-state index is 0.0660. The van der Waals surface area contributed by atoms with Gasteiger partial charge in [0.1, 0.15) is 5.69 Å². The molecule has 0 unspecified atom stereocenters. The highest BCUT2D eigenvalue weighted by Crippen LogP contribution is 2.25. The van der Waals surface area contributed by atoms with Gasteiger partial charge in [-0.3, -0.25) is 9.48 Å². The molecule has 1 aromatic carbocycles. The zero-order valence-electron chi connectivity index (χ0n) is 17.4. The van der Waals surface area contributed by atoms with E-state index in [-0.39, 0.29) is 11.3 Å². The standard InChI is InChI=1S/C22H32ClN3O/c1-7-8-9-14-26-19(21(2,3)4)15-18(25-26)20(27)24-22(5,6)16-10-12-17(23)13-11-16/h10-13,15H,7-9,14H2,1-6H3,(H,24,27). The second kappa shape index (κ2) is 8.47. The topological polar surface area (TPSA) is 46.9 Å². The largest absolute Gasteiger partial charge is 0.342 e. The Morgan fingerprint density at radius 2 is 1.74 bits per heavy atom. The molecule has 148 valence electrons. The molecule has 1 N–H and O–H groups in total. The maximum Gasteiger partial charge on any atom is 0.272 e. The van der Waals surface area contributed by atoms with E-state index in [2.05, 4.69) is 38.1 Å². The van der Waals surface area contributed by atoms with Crippen LogP contribution >= 0.6 is 11.6 Å². The Bertz CT molecular complexity index is 770. The van der Waals surface area contributed by atoms with E-state index >= 15 is 0 Å². The third-order valence-corrected chi connectivity index (χ3v) is 5.00. The lowest BCUT2D eigenvalue weighted by Gasteiger charge is -2.26. The Kier molecular flexibility index (Phi) is 6.74. The first-order chi connectivity index (χ1) is 12.5. The van der Waals surface area contributed by atoms with Gasteiger partial charge >= 0.3 is 0 Å². The Labute approximate surface area is 168 Å². The van der Waals surface area contributed by atoms with Crippen LogP contribution in [0.3, 0.4) is 0 Å². The van der Waals surface area contributed by atoms with Crippen molar-refractivity contribution < 1.29 is 4.79 Å². The molecule has 27 heavy (non-hydrogen) atoms. The van der Waals surface area contributed by atoms with Crippen LogP contribution in [0, 0.1) is 0 Å². The van der Waals surface area contributed by atoms with Crippen LogP contribution in [0.5, 0.6) is 0 Å². The molecule has 1 aromatic heterocycles. The molecule has 0 radical (unpaired) electrons. The van der Waals surface area contributed by atoms with Crippen LogP contribution in [0.25, 0.3) is 0 Å². The van der Waals surface area contributed by atoms with Gasteiger partial charge in [-0.15, -0.1) is 0 Å². The molecule has 4 nitrogen and oxygen atoms in total. The highest BCUT2D eigenvalue weighted by atomic mass is 35.5. The Morgan fingerprint density at radius 3 is 2.30 bits per heavy atom. The van der Waals surface area contributed by atoms with Gasteiger partial charge in [-0.1, -0.05) is 64.3 Å². The number of nitrogens with zero attached hydrogens (tertiary/aromatic N) is 2. The molecule has 5 heteroatoms. The fourth-order valence-corrected chi connectivity index (χ4v) is 3.23. The zero-order chi connectivity index (χ0) is 20.2. The number of halogens is 1. The van der Waals surface area contributed by atoms with Gasteiger partial charge in [0.2, 0.25) is 0 Å². The lowest BCUT2D eigenvalue weighted by molar-refractivity contribution is 0.0906. The summed E-state index contributed by atoms with van der Waals surface area (Å²) in [4.78, 5) is 12.9. The predicted octanol–water partition coefficient (Wildman–Crippen LogP) is 5.69. The minimum Gasteiger partial charge on any atom is -0.342 e. The fourth-order valence-electron chi connectivity index (χ4n) is 3.10. The monoisotopic (exact) mass is 389 g/mol. The molecule has 0 bridgehead atoms. The quantitative estimate of drug-likeness (QED) is 0.618. The van der Waals surface area contributed by atoms with Crippen molar-refractivity contribution in [1.29, 1.82) is 0 Å². The van der Waals surface area contributed by atoms with E-state index in [1.807, 2.05) is 48.9 Å². The second-order valence-electron chi connectivity index (χ2n) is 8.68. The van der Waals surface area contributed by atoms with Crippen LogP contribution in [-0.4, -0.2) is 15.7 Å². The molecular formula is C22H32ClN3O. The minimum atomic E-state index is -0.518. The normalized spacial score (nSPS) is 12.3. The number of carbonyl (C=O) groups is 1. The first kappa shape index (κ1) is 21.5. The molecule has 2 aromatic rings. The highest BCUT2D eigenvalue weighted by Gasteiger charge is 2.27. The molecule has 0 spiro atoms. The smallest absolute Gasteiger partial charge is 0.272 e. The molecule has 0 aliphatic rings. The summed E-state index contributed by atoms with van der Waals surface area (Å²) in [5.74, 6) is -0.158. The molecule has 0 saturated carbocycles. The van der Waals surface area contributed by atoms with Crippen LogP contribution in [0.2, 0.25) is 5.02 Å². The number of nitrogens with one attached hydrogen (secondary N) is 1. The number of amides is 1. The molecule has 0 aliphatic carbocycles. The van der Waals surface area contributed by atoms with E-state index in [4.69, 9.17) is 11.6 Å². The predicted molar refractivity (Wildman–Crippen MR) is 112 cm³/mol. The summed E-state index contributed by atoms with van der Waals surface area (Å²) in [7, 11) is 0. The number of aromatic nitrogens is 2. The Morgan fingerprint density at radius 1 is 1.11 bits per heavy atom. The van der Waals surface area contributed by atoms with Crippen molar-refractivity contribution in [2.75, 3.05) is 0 Å². The molecule has 1 amide bonds. The first-order valence-electron chi connectivity index (χ1n) is 9.71. The molecule has 1 heterocycles. The summed E-state index contributed by atoms with van der Waals surface area (Å²) < 4.78 is 2.00. The van der Waals surface area contributed by atoms with Gasteiger partial charge in [-0.2, -0.15) is 5.10 Å². The van der Waals surface area contributed by atoms with E-state index < -0.39 is 5.54 Å². The van der Waals surface area contributed by atoms with Crippen LogP contribution in [0.4, 0.5) is 0 Å². The molecule has 0 fully saturated rings. The summed E-state index contributed by atoms with van der Waals surface area (Å²) in [5, 5.41) is 8.42. The lowest BCUT2D eigenvalue weighted by Crippen LogP contribution is -2.41. The number of unbranched alkanes of at least 4 members (excludes halogenated alkanes) is 2. The Hall–Kier alpha value is -1.81. The first-order valence-corrected chi connectivity index (χ1v) is 10.1. The SMILES string of the molecule is CCCCCn1nc(C(=O)NC(C)(C)c2ccc(Cl)cc2)cc1C(C)(C)C. The molecule has 0 aliphatic heterocycles. The average Bonchev–Trinajstić information content (AvgIpc) is 3.00. The Balaban J connectivity index is 2.23. The number of benzene rings is 1.